The maximum Gasteiger partial charge on any atom is 0.212 e. The van der Waals surface area contributed by atoms with Crippen LogP contribution in [0.5, 0.6) is 0 Å². The van der Waals surface area contributed by atoms with Gasteiger partial charge in [-0.2, -0.15) is 9.94 Å². The second-order valence-corrected chi connectivity index (χ2v) is 5.34. The van der Waals surface area contributed by atoms with Gasteiger partial charge in [-0.15, -0.1) is 16.4 Å². The highest BCUT2D eigenvalue weighted by Gasteiger charge is 2.23. The molecule has 0 aromatic carbocycles. The van der Waals surface area contributed by atoms with Crippen molar-refractivity contribution in [3.05, 3.63) is 17.1 Å². The molecule has 98 valence electrons. The Bertz CT molecular complexity index is 603. The third kappa shape index (κ3) is 2.04. The van der Waals surface area contributed by atoms with E-state index in [4.69, 9.17) is 5.73 Å². The van der Waals surface area contributed by atoms with Gasteiger partial charge in [0.2, 0.25) is 5.13 Å². The second kappa shape index (κ2) is 4.90. The Morgan fingerprint density at radius 2 is 2.11 bits per heavy atom. The largest absolute Gasteiger partial charge is 0.382 e. The lowest BCUT2D eigenvalue weighted by Crippen LogP contribution is -2.30. The zero-order valence-corrected chi connectivity index (χ0v) is 11.2. The third-order valence-electron chi connectivity index (χ3n) is 3.27. The minimum Gasteiger partial charge on any atom is -0.382 e. The summed E-state index contributed by atoms with van der Waals surface area (Å²) in [6.45, 7) is 1.87. The number of nitriles is 1. The minimum absolute atomic E-state index is 0.373. The van der Waals surface area contributed by atoms with Crippen molar-refractivity contribution in [2.24, 2.45) is 0 Å². The molecule has 0 radical (unpaired) electrons. The van der Waals surface area contributed by atoms with Crippen LogP contribution in [0, 0.1) is 11.3 Å². The van der Waals surface area contributed by atoms with E-state index < -0.39 is 0 Å². The Morgan fingerprint density at radius 3 is 2.74 bits per heavy atom. The molecule has 2 N–H and O–H groups in total. The van der Waals surface area contributed by atoms with Crippen molar-refractivity contribution < 1.29 is 0 Å². The van der Waals surface area contributed by atoms with Crippen LogP contribution in [0.4, 0.5) is 11.6 Å². The van der Waals surface area contributed by atoms with Crippen molar-refractivity contribution in [1.29, 1.82) is 5.26 Å². The summed E-state index contributed by atoms with van der Waals surface area (Å²) < 4.78 is 1.56. The van der Waals surface area contributed by atoms with Gasteiger partial charge in [0.15, 0.2) is 5.82 Å². The van der Waals surface area contributed by atoms with Crippen LogP contribution in [0.3, 0.4) is 0 Å². The van der Waals surface area contributed by atoms with Gasteiger partial charge >= 0.3 is 0 Å². The number of thiazole rings is 1. The molecule has 0 atom stereocenters. The molecule has 1 fully saturated rings. The first kappa shape index (κ1) is 12.0. The number of rotatable bonds is 2. The molecule has 2 aromatic heterocycles. The van der Waals surface area contributed by atoms with E-state index in [1.165, 1.54) is 17.8 Å². The van der Waals surface area contributed by atoms with E-state index >= 15 is 0 Å². The number of hydrogen-bond acceptors (Lipinski definition) is 6. The minimum atomic E-state index is 0.373. The molecular weight excluding hydrogens is 260 g/mol. The van der Waals surface area contributed by atoms with Gasteiger partial charge in [0.05, 0.1) is 0 Å². The first-order valence-corrected chi connectivity index (χ1v) is 7.12. The van der Waals surface area contributed by atoms with Crippen molar-refractivity contribution in [2.75, 3.05) is 23.7 Å². The summed E-state index contributed by atoms with van der Waals surface area (Å²) in [7, 11) is 0. The van der Waals surface area contributed by atoms with Crippen molar-refractivity contribution in [2.45, 2.75) is 19.3 Å². The highest BCUT2D eigenvalue weighted by atomic mass is 32.1. The van der Waals surface area contributed by atoms with E-state index in [-0.39, 0.29) is 0 Å². The molecule has 0 saturated carbocycles. The molecule has 7 heteroatoms. The molecule has 0 unspecified atom stereocenters. The molecule has 6 nitrogen and oxygen atoms in total. The quantitative estimate of drug-likeness (QED) is 0.902. The number of hydrogen-bond donors (Lipinski definition) is 1. The molecule has 2 aromatic rings. The summed E-state index contributed by atoms with van der Waals surface area (Å²) in [5, 5.41) is 16.4. The number of nitrogens with two attached hydrogens (primary N) is 1. The van der Waals surface area contributed by atoms with Crippen LogP contribution < -0.4 is 10.6 Å². The van der Waals surface area contributed by atoms with Gasteiger partial charge in [-0.05, 0) is 19.3 Å². The Hall–Kier alpha value is -2.07. The van der Waals surface area contributed by atoms with Gasteiger partial charge in [0.1, 0.15) is 17.5 Å². The van der Waals surface area contributed by atoms with E-state index in [9.17, 15) is 5.26 Å². The molecule has 19 heavy (non-hydrogen) atoms. The number of nitrogens with zero attached hydrogens (tertiary/aromatic N) is 5. The van der Waals surface area contributed by atoms with Crippen LogP contribution >= 0.6 is 11.3 Å². The van der Waals surface area contributed by atoms with Crippen LogP contribution in [0.15, 0.2) is 11.6 Å². The molecule has 0 bridgehead atoms. The lowest BCUT2D eigenvalue weighted by Gasteiger charge is -2.26. The van der Waals surface area contributed by atoms with Crippen molar-refractivity contribution in [3.8, 4) is 11.2 Å². The maximum absolute atomic E-state index is 9.31. The van der Waals surface area contributed by atoms with Crippen LogP contribution in [-0.4, -0.2) is 27.9 Å². The van der Waals surface area contributed by atoms with Crippen LogP contribution in [0.25, 0.3) is 5.13 Å². The fourth-order valence-corrected chi connectivity index (χ4v) is 2.92. The van der Waals surface area contributed by atoms with E-state index in [0.717, 1.165) is 25.9 Å². The molecule has 0 spiro atoms. The first-order chi connectivity index (χ1) is 9.31. The van der Waals surface area contributed by atoms with E-state index in [1.807, 2.05) is 5.38 Å². The van der Waals surface area contributed by atoms with Crippen LogP contribution in [0.1, 0.15) is 24.8 Å². The van der Waals surface area contributed by atoms with Gasteiger partial charge in [0, 0.05) is 24.7 Å². The summed E-state index contributed by atoms with van der Waals surface area (Å²) in [4.78, 5) is 6.33. The fourth-order valence-electron chi connectivity index (χ4n) is 2.32. The average molecular weight is 274 g/mol. The molecule has 0 amide bonds. The lowest BCUT2D eigenvalue weighted by atomic mass is 10.1. The van der Waals surface area contributed by atoms with E-state index in [2.05, 4.69) is 21.1 Å². The van der Waals surface area contributed by atoms with Gasteiger partial charge < -0.3 is 10.6 Å². The standard InChI is InChI=1S/C12H14N6S/c13-8-9-10(14)18(12-15-4-7-19-12)16-11(9)17-5-2-1-3-6-17/h4,7H,1-3,5-6,14H2. The van der Waals surface area contributed by atoms with Gasteiger partial charge in [-0.3, -0.25) is 0 Å². The summed E-state index contributed by atoms with van der Waals surface area (Å²) >= 11 is 1.45. The third-order valence-corrected chi connectivity index (χ3v) is 4.02. The Balaban J connectivity index is 2.05. The SMILES string of the molecule is N#Cc1c(N2CCCCC2)nn(-c2nccs2)c1N. The van der Waals surface area contributed by atoms with Crippen molar-refractivity contribution in [1.82, 2.24) is 14.8 Å². The molecule has 1 aliphatic rings. The molecule has 1 aliphatic heterocycles. The van der Waals surface area contributed by atoms with Gasteiger partial charge in [-0.1, -0.05) is 0 Å². The summed E-state index contributed by atoms with van der Waals surface area (Å²) in [6.07, 6.45) is 5.21. The summed E-state index contributed by atoms with van der Waals surface area (Å²) in [5.74, 6) is 1.06. The van der Waals surface area contributed by atoms with Gasteiger partial charge in [0.25, 0.3) is 0 Å². The maximum atomic E-state index is 9.31. The predicted molar refractivity (Wildman–Crippen MR) is 74.4 cm³/mol. The number of nitrogen functional groups attached to an aromatic ring is 1. The Labute approximate surface area is 115 Å². The monoisotopic (exact) mass is 274 g/mol. The fraction of sp³-hybridized carbons (Fsp3) is 0.417. The first-order valence-electron chi connectivity index (χ1n) is 6.24. The molecule has 3 heterocycles. The highest BCUT2D eigenvalue weighted by molar-refractivity contribution is 7.12. The zero-order chi connectivity index (χ0) is 13.2. The number of aromatic nitrogens is 3. The topological polar surface area (TPSA) is 83.8 Å². The smallest absolute Gasteiger partial charge is 0.212 e. The van der Waals surface area contributed by atoms with Crippen molar-refractivity contribution >= 4 is 23.0 Å². The van der Waals surface area contributed by atoms with E-state index in [1.54, 1.807) is 10.9 Å². The lowest BCUT2D eigenvalue weighted by molar-refractivity contribution is 0.571. The Kier molecular flexibility index (Phi) is 3.09. The molecule has 1 saturated heterocycles. The van der Waals surface area contributed by atoms with Crippen LogP contribution in [0.2, 0.25) is 0 Å². The number of piperidine rings is 1. The molecule has 0 aliphatic carbocycles. The van der Waals surface area contributed by atoms with Crippen molar-refractivity contribution in [3.63, 3.8) is 0 Å². The number of anilines is 2. The normalized spacial score (nSPS) is 15.4. The zero-order valence-electron chi connectivity index (χ0n) is 10.4. The van der Waals surface area contributed by atoms with Gasteiger partial charge in [-0.25, -0.2) is 4.98 Å². The Morgan fingerprint density at radius 1 is 1.32 bits per heavy atom. The average Bonchev–Trinajstić information content (AvgIpc) is 3.07. The highest BCUT2D eigenvalue weighted by Crippen LogP contribution is 2.29. The molecule has 3 rings (SSSR count). The molecular formula is C12H14N6S. The predicted octanol–water partition coefficient (Wildman–Crippen LogP) is 1.77. The summed E-state index contributed by atoms with van der Waals surface area (Å²) in [5.41, 5.74) is 6.49. The summed E-state index contributed by atoms with van der Waals surface area (Å²) in [6, 6.07) is 2.17. The second-order valence-electron chi connectivity index (χ2n) is 4.47. The van der Waals surface area contributed by atoms with E-state index in [0.29, 0.717) is 22.3 Å². The van der Waals surface area contributed by atoms with Crippen LogP contribution in [-0.2, 0) is 0 Å².